The van der Waals surface area contributed by atoms with Crippen molar-refractivity contribution >= 4 is 29.5 Å². The van der Waals surface area contributed by atoms with E-state index in [-0.39, 0.29) is 6.10 Å². The van der Waals surface area contributed by atoms with Crippen molar-refractivity contribution in [2.45, 2.75) is 46.1 Å². The first-order valence-electron chi connectivity index (χ1n) is 7.41. The van der Waals surface area contributed by atoms with Crippen LogP contribution in [0.15, 0.2) is 6.07 Å². The number of nitrogen functional groups attached to an aromatic ring is 1. The van der Waals surface area contributed by atoms with Gasteiger partial charge in [-0.15, -0.1) is 0 Å². The van der Waals surface area contributed by atoms with Crippen LogP contribution in [0.5, 0.6) is 0 Å². The molecule has 0 radical (unpaired) electrons. The number of aromatic nitrogens is 3. The summed E-state index contributed by atoms with van der Waals surface area (Å²) in [4.78, 5) is 3.06. The van der Waals surface area contributed by atoms with Crippen LogP contribution in [0.3, 0.4) is 0 Å². The van der Waals surface area contributed by atoms with E-state index in [9.17, 15) is 5.11 Å². The zero-order valence-corrected chi connectivity index (χ0v) is 14.6. The van der Waals surface area contributed by atoms with Crippen LogP contribution < -0.4 is 5.73 Å². The van der Waals surface area contributed by atoms with E-state index >= 15 is 0 Å². The van der Waals surface area contributed by atoms with Gasteiger partial charge >= 0.3 is 0 Å². The van der Waals surface area contributed by atoms with E-state index in [0.29, 0.717) is 34.1 Å². The van der Waals surface area contributed by atoms with Gasteiger partial charge in [-0.25, -0.2) is 4.68 Å². The lowest BCUT2D eigenvalue weighted by atomic mass is 9.96. The fraction of sp³-hybridized carbons (Fsp3) is 0.467. The number of hydrogen-bond acceptors (Lipinski definition) is 4. The van der Waals surface area contributed by atoms with Crippen molar-refractivity contribution in [3.8, 4) is 5.82 Å². The number of nitrogens with two attached hydrogens (primary N) is 1. The van der Waals surface area contributed by atoms with Gasteiger partial charge < -0.3 is 15.8 Å². The largest absolute Gasteiger partial charge is 0.396 e. The van der Waals surface area contributed by atoms with Crippen LogP contribution in [0.2, 0.25) is 5.15 Å². The average Bonchev–Trinajstić information content (AvgIpc) is 2.82. The van der Waals surface area contributed by atoms with E-state index in [1.165, 1.54) is 0 Å². The summed E-state index contributed by atoms with van der Waals surface area (Å²) in [5, 5.41) is 14.7. The Balaban J connectivity index is 0.000000847. The Labute approximate surface area is 140 Å². The van der Waals surface area contributed by atoms with Crippen LogP contribution in [-0.4, -0.2) is 26.0 Å². The van der Waals surface area contributed by atoms with E-state index in [4.69, 9.17) is 29.6 Å². The number of nitrogens with zero attached hydrogens (tertiary/aromatic N) is 2. The molecule has 0 amide bonds. The minimum Gasteiger partial charge on any atom is -0.396 e. The number of fused-ring (bicyclic) bond motifs is 1. The molecule has 120 valence electrons. The molecule has 2 aromatic heterocycles. The minimum absolute atomic E-state index is 0.355. The molecule has 0 fully saturated rings. The summed E-state index contributed by atoms with van der Waals surface area (Å²) >= 11 is 11.6. The van der Waals surface area contributed by atoms with Crippen molar-refractivity contribution in [2.24, 2.45) is 0 Å². The number of aryl methyl sites for hydroxylation is 2. The molecular weight excluding hydrogens is 320 g/mol. The van der Waals surface area contributed by atoms with Crippen molar-refractivity contribution in [1.29, 1.82) is 0 Å². The van der Waals surface area contributed by atoms with Gasteiger partial charge in [0.15, 0.2) is 5.82 Å². The second kappa shape index (κ2) is 6.81. The first kappa shape index (κ1) is 17.0. The first-order chi connectivity index (χ1) is 10.5. The molecule has 7 heteroatoms. The van der Waals surface area contributed by atoms with Crippen LogP contribution in [0.4, 0.5) is 5.69 Å². The molecule has 2 heterocycles. The van der Waals surface area contributed by atoms with Crippen LogP contribution >= 0.6 is 23.8 Å². The molecule has 1 atom stereocenters. The SMILES string of the molecule is CC.Cc1cc(N)c(-n2nc3c(c2Cl)CC(O)CC3)[nH]c1=S. The van der Waals surface area contributed by atoms with Crippen LogP contribution in [-0.2, 0) is 12.8 Å². The number of hydrogen-bond donors (Lipinski definition) is 3. The number of aliphatic hydroxyl groups is 1. The highest BCUT2D eigenvalue weighted by atomic mass is 35.5. The maximum Gasteiger partial charge on any atom is 0.157 e. The van der Waals surface area contributed by atoms with E-state index in [1.54, 1.807) is 10.7 Å². The number of anilines is 1. The molecule has 0 aromatic carbocycles. The number of aromatic amines is 1. The third-order valence-electron chi connectivity index (χ3n) is 3.61. The summed E-state index contributed by atoms with van der Waals surface area (Å²) < 4.78 is 2.19. The van der Waals surface area contributed by atoms with Crippen molar-refractivity contribution < 1.29 is 5.11 Å². The standard InChI is InChI=1S/C13H15ClN4OS.C2H6/c1-6-4-9(15)12(16-13(6)20)18-11(14)8-5-7(19)2-3-10(8)17-18;1-2/h4,7,19H,2-3,5,15H2,1H3,(H,16,20);1-2H3. The Kier molecular flexibility index (Phi) is 5.26. The number of H-pyrrole nitrogens is 1. The van der Waals surface area contributed by atoms with E-state index in [1.807, 2.05) is 20.8 Å². The molecule has 0 spiro atoms. The van der Waals surface area contributed by atoms with Crippen LogP contribution in [0, 0.1) is 11.6 Å². The highest BCUT2D eigenvalue weighted by Crippen LogP contribution is 2.30. The molecule has 1 unspecified atom stereocenters. The lowest BCUT2D eigenvalue weighted by molar-refractivity contribution is 0.158. The molecule has 22 heavy (non-hydrogen) atoms. The summed E-state index contributed by atoms with van der Waals surface area (Å²) in [5.74, 6) is 0.578. The van der Waals surface area contributed by atoms with Crippen molar-refractivity contribution in [2.75, 3.05) is 5.73 Å². The lowest BCUT2D eigenvalue weighted by Gasteiger charge is -2.15. The molecule has 4 N–H and O–H groups in total. The number of halogens is 1. The zero-order chi connectivity index (χ0) is 16.4. The molecule has 5 nitrogen and oxygen atoms in total. The summed E-state index contributed by atoms with van der Waals surface area (Å²) in [7, 11) is 0. The van der Waals surface area contributed by atoms with Gasteiger partial charge in [0.05, 0.1) is 17.5 Å². The van der Waals surface area contributed by atoms with Gasteiger partial charge in [0.1, 0.15) is 9.79 Å². The number of rotatable bonds is 1. The van der Waals surface area contributed by atoms with Gasteiger partial charge in [-0.1, -0.05) is 37.7 Å². The number of aliphatic hydroxyl groups excluding tert-OH is 1. The molecule has 0 aliphatic heterocycles. The van der Waals surface area contributed by atoms with Crippen molar-refractivity contribution in [3.63, 3.8) is 0 Å². The zero-order valence-electron chi connectivity index (χ0n) is 13.0. The van der Waals surface area contributed by atoms with Crippen LogP contribution in [0.25, 0.3) is 5.82 Å². The third-order valence-corrected chi connectivity index (χ3v) is 4.42. The molecule has 2 aromatic rings. The van der Waals surface area contributed by atoms with Gasteiger partial charge in [-0.3, -0.25) is 0 Å². The molecule has 1 aliphatic rings. The molecule has 0 saturated carbocycles. The van der Waals surface area contributed by atoms with Gasteiger partial charge in [-0.05, 0) is 31.4 Å². The van der Waals surface area contributed by atoms with Gasteiger partial charge in [0.25, 0.3) is 0 Å². The predicted molar refractivity (Wildman–Crippen MR) is 92.3 cm³/mol. The Hall–Kier alpha value is -1.37. The van der Waals surface area contributed by atoms with E-state index < -0.39 is 0 Å². The van der Waals surface area contributed by atoms with E-state index in [2.05, 4.69) is 10.1 Å². The van der Waals surface area contributed by atoms with Gasteiger partial charge in [0.2, 0.25) is 0 Å². The van der Waals surface area contributed by atoms with Gasteiger partial charge in [0, 0.05) is 12.0 Å². The molecular formula is C15H21ClN4OS. The lowest BCUT2D eigenvalue weighted by Crippen LogP contribution is -2.17. The molecule has 0 saturated heterocycles. The Morgan fingerprint density at radius 1 is 1.50 bits per heavy atom. The monoisotopic (exact) mass is 340 g/mol. The highest BCUT2D eigenvalue weighted by Gasteiger charge is 2.25. The van der Waals surface area contributed by atoms with E-state index in [0.717, 1.165) is 23.2 Å². The smallest absolute Gasteiger partial charge is 0.157 e. The summed E-state index contributed by atoms with van der Waals surface area (Å²) in [5.41, 5.74) is 9.29. The quantitative estimate of drug-likeness (QED) is 0.695. The summed E-state index contributed by atoms with van der Waals surface area (Å²) in [6.07, 6.45) is 1.60. The second-order valence-electron chi connectivity index (χ2n) is 5.11. The molecule has 3 rings (SSSR count). The normalized spacial score (nSPS) is 16.7. The number of nitrogens with one attached hydrogen (secondary N) is 1. The summed E-state index contributed by atoms with van der Waals surface area (Å²) in [6, 6.07) is 1.81. The fourth-order valence-electron chi connectivity index (χ4n) is 2.48. The second-order valence-corrected chi connectivity index (χ2v) is 5.88. The van der Waals surface area contributed by atoms with Crippen LogP contribution in [0.1, 0.15) is 37.1 Å². The maximum atomic E-state index is 9.75. The highest BCUT2D eigenvalue weighted by molar-refractivity contribution is 7.71. The molecule has 0 bridgehead atoms. The van der Waals surface area contributed by atoms with Crippen molar-refractivity contribution in [3.05, 3.63) is 32.7 Å². The predicted octanol–water partition coefficient (Wildman–Crippen LogP) is 3.35. The van der Waals surface area contributed by atoms with Gasteiger partial charge in [-0.2, -0.15) is 5.10 Å². The minimum atomic E-state index is -0.355. The average molecular weight is 341 g/mol. The van der Waals surface area contributed by atoms with Crippen molar-refractivity contribution in [1.82, 2.24) is 14.8 Å². The first-order valence-corrected chi connectivity index (χ1v) is 8.20. The summed E-state index contributed by atoms with van der Waals surface area (Å²) in [6.45, 7) is 5.89. The third kappa shape index (κ3) is 3.04. The fourth-order valence-corrected chi connectivity index (χ4v) is 2.95. The molecule has 1 aliphatic carbocycles. The topological polar surface area (TPSA) is 79.9 Å². The Morgan fingerprint density at radius 3 is 2.86 bits per heavy atom. The Morgan fingerprint density at radius 2 is 2.18 bits per heavy atom. The number of pyridine rings is 1. The maximum absolute atomic E-state index is 9.75. The Bertz CT molecular complexity index is 738.